The number of thiophene rings is 1. The summed E-state index contributed by atoms with van der Waals surface area (Å²) >= 11 is 1.60. The fourth-order valence-corrected chi connectivity index (χ4v) is 3.81. The third-order valence-electron chi connectivity index (χ3n) is 2.83. The molecule has 2 aromatic heterocycles. The first-order valence-electron chi connectivity index (χ1n) is 5.75. The second kappa shape index (κ2) is 4.47. The fourth-order valence-electron chi connectivity index (χ4n) is 2.10. The molecule has 0 saturated heterocycles. The Balaban J connectivity index is 2.23. The number of imidazole rings is 1. The van der Waals surface area contributed by atoms with Gasteiger partial charge in [-0.1, -0.05) is 18.2 Å². The van der Waals surface area contributed by atoms with E-state index >= 15 is 0 Å². The lowest BCUT2D eigenvalue weighted by atomic mass is 10.3. The van der Waals surface area contributed by atoms with E-state index in [2.05, 4.69) is 4.98 Å². The zero-order valence-corrected chi connectivity index (χ0v) is 11.9. The Morgan fingerprint density at radius 2 is 2.00 bits per heavy atom. The molecule has 19 heavy (non-hydrogen) atoms. The molecule has 0 bridgehead atoms. The molecule has 0 spiro atoms. The maximum atomic E-state index is 12.0. The van der Waals surface area contributed by atoms with Crippen LogP contribution < -0.4 is 0 Å². The van der Waals surface area contributed by atoms with Crippen LogP contribution in [0, 0.1) is 0 Å². The Bertz CT molecular complexity index is 818. The number of aromatic nitrogens is 2. The van der Waals surface area contributed by atoms with Crippen LogP contribution in [0.25, 0.3) is 11.0 Å². The summed E-state index contributed by atoms with van der Waals surface area (Å²) in [4.78, 5) is 5.54. The smallest absolute Gasteiger partial charge is 0.232 e. The summed E-state index contributed by atoms with van der Waals surface area (Å²) in [5.74, 6) is 0.561. The minimum absolute atomic E-state index is 0.527. The molecule has 0 amide bonds. The van der Waals surface area contributed by atoms with Crippen molar-refractivity contribution >= 4 is 32.4 Å². The van der Waals surface area contributed by atoms with Crippen molar-refractivity contribution in [2.45, 2.75) is 6.42 Å². The van der Waals surface area contributed by atoms with Crippen molar-refractivity contribution in [2.24, 2.45) is 0 Å². The van der Waals surface area contributed by atoms with Gasteiger partial charge in [0.1, 0.15) is 5.82 Å². The molecular weight excluding hydrogens is 280 g/mol. The second-order valence-electron chi connectivity index (χ2n) is 4.30. The highest BCUT2D eigenvalue weighted by molar-refractivity contribution is 7.89. The number of rotatable bonds is 3. The third-order valence-corrected chi connectivity index (χ3v) is 4.78. The minimum atomic E-state index is -3.36. The molecule has 0 unspecified atom stereocenters. The Labute approximate surface area is 115 Å². The van der Waals surface area contributed by atoms with Crippen LogP contribution in [0.3, 0.4) is 0 Å². The first kappa shape index (κ1) is 12.4. The highest BCUT2D eigenvalue weighted by Gasteiger charge is 2.18. The van der Waals surface area contributed by atoms with Gasteiger partial charge in [0, 0.05) is 11.3 Å². The van der Waals surface area contributed by atoms with Crippen molar-refractivity contribution in [2.75, 3.05) is 6.26 Å². The lowest BCUT2D eigenvalue weighted by molar-refractivity contribution is 0.593. The van der Waals surface area contributed by atoms with Gasteiger partial charge in [0.2, 0.25) is 10.0 Å². The molecule has 2 heterocycles. The maximum absolute atomic E-state index is 12.0. The average Bonchev–Trinajstić information content (AvgIpc) is 2.94. The lowest BCUT2D eigenvalue weighted by Gasteiger charge is -2.05. The quantitative estimate of drug-likeness (QED) is 0.745. The number of hydrogen-bond donors (Lipinski definition) is 0. The van der Waals surface area contributed by atoms with Gasteiger partial charge >= 0.3 is 0 Å². The monoisotopic (exact) mass is 292 g/mol. The fraction of sp³-hybridized carbons (Fsp3) is 0.154. The molecule has 4 nitrogen and oxygen atoms in total. The van der Waals surface area contributed by atoms with Gasteiger partial charge in [0.15, 0.2) is 0 Å². The van der Waals surface area contributed by atoms with E-state index in [4.69, 9.17) is 0 Å². The van der Waals surface area contributed by atoms with Crippen LogP contribution in [0.15, 0.2) is 41.8 Å². The summed E-state index contributed by atoms with van der Waals surface area (Å²) < 4.78 is 25.3. The second-order valence-corrected chi connectivity index (χ2v) is 7.16. The van der Waals surface area contributed by atoms with Crippen molar-refractivity contribution in [3.63, 3.8) is 0 Å². The Morgan fingerprint density at radius 3 is 2.68 bits per heavy atom. The third kappa shape index (κ3) is 2.29. The van der Waals surface area contributed by atoms with E-state index in [-0.39, 0.29) is 0 Å². The Hall–Kier alpha value is -1.66. The highest BCUT2D eigenvalue weighted by Crippen LogP contribution is 2.21. The van der Waals surface area contributed by atoms with E-state index < -0.39 is 10.0 Å². The van der Waals surface area contributed by atoms with E-state index in [1.54, 1.807) is 17.4 Å². The topological polar surface area (TPSA) is 52.0 Å². The molecule has 0 saturated carbocycles. The van der Waals surface area contributed by atoms with E-state index in [1.165, 1.54) is 10.2 Å². The first-order chi connectivity index (χ1) is 9.05. The SMILES string of the molecule is CS(=O)(=O)n1c(Cc2cccs2)nc2ccccc21. The van der Waals surface area contributed by atoms with Gasteiger partial charge in [-0.2, -0.15) is 0 Å². The molecule has 3 aromatic rings. The molecule has 6 heteroatoms. The molecule has 0 fully saturated rings. The summed E-state index contributed by atoms with van der Waals surface area (Å²) in [7, 11) is -3.36. The normalized spacial score (nSPS) is 12.1. The minimum Gasteiger partial charge on any atom is -0.232 e. The van der Waals surface area contributed by atoms with Crippen molar-refractivity contribution in [3.05, 3.63) is 52.5 Å². The maximum Gasteiger partial charge on any atom is 0.237 e. The van der Waals surface area contributed by atoms with E-state index in [1.807, 2.05) is 35.7 Å². The predicted molar refractivity (Wildman–Crippen MR) is 77.1 cm³/mol. The van der Waals surface area contributed by atoms with Crippen LogP contribution in [0.2, 0.25) is 0 Å². The molecule has 0 atom stereocenters. The van der Waals surface area contributed by atoms with Crippen LogP contribution in [-0.2, 0) is 16.4 Å². The molecule has 1 aromatic carbocycles. The van der Waals surface area contributed by atoms with Crippen molar-refractivity contribution in [1.29, 1.82) is 0 Å². The molecule has 0 aliphatic carbocycles. The molecular formula is C13H12N2O2S2. The Kier molecular flexibility index (Phi) is 2.91. The molecule has 3 rings (SSSR count). The standard InChI is InChI=1S/C13H12N2O2S2/c1-19(16,17)15-12-7-3-2-6-11(12)14-13(15)9-10-5-4-8-18-10/h2-8H,9H2,1H3. The molecule has 0 aliphatic rings. The summed E-state index contributed by atoms with van der Waals surface area (Å²) in [6.45, 7) is 0. The number of fused-ring (bicyclic) bond motifs is 1. The van der Waals surface area contributed by atoms with Crippen LogP contribution in [0.4, 0.5) is 0 Å². The number of nitrogens with zero attached hydrogens (tertiary/aromatic N) is 2. The largest absolute Gasteiger partial charge is 0.237 e. The first-order valence-corrected chi connectivity index (χ1v) is 8.48. The van der Waals surface area contributed by atoms with Gasteiger partial charge in [-0.15, -0.1) is 11.3 Å². The average molecular weight is 292 g/mol. The van der Waals surface area contributed by atoms with Gasteiger partial charge in [0.25, 0.3) is 0 Å². The molecule has 98 valence electrons. The molecule has 0 aliphatic heterocycles. The van der Waals surface area contributed by atoms with Gasteiger partial charge in [-0.3, -0.25) is 0 Å². The highest BCUT2D eigenvalue weighted by atomic mass is 32.2. The zero-order valence-electron chi connectivity index (χ0n) is 10.3. The van der Waals surface area contributed by atoms with Gasteiger partial charge in [-0.05, 0) is 23.6 Å². The summed E-state index contributed by atoms with van der Waals surface area (Å²) in [6, 6.07) is 11.2. The lowest BCUT2D eigenvalue weighted by Crippen LogP contribution is -2.13. The zero-order chi connectivity index (χ0) is 13.5. The summed E-state index contributed by atoms with van der Waals surface area (Å²) in [6.07, 6.45) is 1.73. The molecule has 0 radical (unpaired) electrons. The Morgan fingerprint density at radius 1 is 1.21 bits per heavy atom. The van der Waals surface area contributed by atoms with Gasteiger partial charge in [-0.25, -0.2) is 17.4 Å². The van der Waals surface area contributed by atoms with E-state index in [0.717, 1.165) is 4.88 Å². The van der Waals surface area contributed by atoms with Crippen molar-refractivity contribution < 1.29 is 8.42 Å². The van der Waals surface area contributed by atoms with Crippen LogP contribution >= 0.6 is 11.3 Å². The van der Waals surface area contributed by atoms with Gasteiger partial charge in [0.05, 0.1) is 17.3 Å². The molecule has 0 N–H and O–H groups in total. The van der Waals surface area contributed by atoms with Crippen molar-refractivity contribution in [1.82, 2.24) is 8.96 Å². The predicted octanol–water partition coefficient (Wildman–Crippen LogP) is 2.50. The van der Waals surface area contributed by atoms with Crippen molar-refractivity contribution in [3.8, 4) is 0 Å². The summed E-state index contributed by atoms with van der Waals surface area (Å²) in [5, 5.41) is 1.97. The van der Waals surface area contributed by atoms with Crippen LogP contribution in [-0.4, -0.2) is 23.6 Å². The van der Waals surface area contributed by atoms with Crippen LogP contribution in [0.5, 0.6) is 0 Å². The number of hydrogen-bond acceptors (Lipinski definition) is 4. The number of para-hydroxylation sites is 2. The van der Waals surface area contributed by atoms with Gasteiger partial charge < -0.3 is 0 Å². The number of benzene rings is 1. The van der Waals surface area contributed by atoms with E-state index in [9.17, 15) is 8.42 Å². The van der Waals surface area contributed by atoms with E-state index in [0.29, 0.717) is 23.3 Å². The van der Waals surface area contributed by atoms with Crippen LogP contribution in [0.1, 0.15) is 10.7 Å². The summed E-state index contributed by atoms with van der Waals surface area (Å²) in [5.41, 5.74) is 1.34.